The number of hydrogen-bond donors (Lipinski definition) is 1. The van der Waals surface area contributed by atoms with E-state index >= 15 is 0 Å². The Kier molecular flexibility index (Phi) is 1.70. The van der Waals surface area contributed by atoms with Crippen LogP contribution in [0.15, 0.2) is 18.2 Å². The quantitative estimate of drug-likeness (QED) is 0.680. The summed E-state index contributed by atoms with van der Waals surface area (Å²) in [6.07, 6.45) is 3.03. The molecule has 1 atom stereocenters. The third kappa shape index (κ3) is 1.08. The molecule has 1 spiro atoms. The van der Waals surface area contributed by atoms with Gasteiger partial charge in [0.05, 0.1) is 5.41 Å². The van der Waals surface area contributed by atoms with Crippen LogP contribution in [-0.4, -0.2) is 12.5 Å². The van der Waals surface area contributed by atoms with Crippen molar-refractivity contribution in [3.63, 3.8) is 0 Å². The highest BCUT2D eigenvalue weighted by atomic mass is 16.2. The zero-order valence-electron chi connectivity index (χ0n) is 8.97. The first kappa shape index (κ1) is 8.96. The minimum atomic E-state index is -0.179. The lowest BCUT2D eigenvalue weighted by molar-refractivity contribution is -0.123. The van der Waals surface area contributed by atoms with E-state index in [4.69, 9.17) is 0 Å². The Morgan fingerprint density at radius 1 is 1.33 bits per heavy atom. The van der Waals surface area contributed by atoms with E-state index in [9.17, 15) is 4.79 Å². The third-order valence-electron chi connectivity index (χ3n) is 3.87. The Balaban J connectivity index is 2.18. The Morgan fingerprint density at radius 3 is 2.93 bits per heavy atom. The van der Waals surface area contributed by atoms with Gasteiger partial charge in [-0.25, -0.2) is 0 Å². The van der Waals surface area contributed by atoms with Crippen LogP contribution in [0.1, 0.15) is 29.5 Å². The third-order valence-corrected chi connectivity index (χ3v) is 3.87. The van der Waals surface area contributed by atoms with Crippen molar-refractivity contribution in [1.82, 2.24) is 5.32 Å². The van der Waals surface area contributed by atoms with Gasteiger partial charge in [-0.05, 0) is 37.3 Å². The van der Waals surface area contributed by atoms with Crippen LogP contribution in [0.25, 0.3) is 0 Å². The van der Waals surface area contributed by atoms with Gasteiger partial charge in [0.15, 0.2) is 0 Å². The Bertz CT molecular complexity index is 438. The van der Waals surface area contributed by atoms with Gasteiger partial charge >= 0.3 is 0 Å². The molecule has 2 aliphatic rings. The lowest BCUT2D eigenvalue weighted by Crippen LogP contribution is -2.33. The molecule has 0 aromatic heterocycles. The molecule has 0 radical (unpaired) electrons. The zero-order chi connectivity index (χ0) is 10.5. The second-order valence-corrected chi connectivity index (χ2v) is 4.75. The van der Waals surface area contributed by atoms with E-state index < -0.39 is 0 Å². The molecule has 1 N–H and O–H groups in total. The van der Waals surface area contributed by atoms with E-state index in [1.165, 1.54) is 16.7 Å². The summed E-state index contributed by atoms with van der Waals surface area (Å²) in [5, 5.41) is 2.97. The van der Waals surface area contributed by atoms with Gasteiger partial charge in [0.1, 0.15) is 0 Å². The first-order valence-corrected chi connectivity index (χ1v) is 5.61. The molecule has 2 nitrogen and oxygen atoms in total. The van der Waals surface area contributed by atoms with E-state index in [-0.39, 0.29) is 11.3 Å². The lowest BCUT2D eigenvalue weighted by atomic mass is 9.80. The van der Waals surface area contributed by atoms with Crippen LogP contribution in [0.5, 0.6) is 0 Å². The summed E-state index contributed by atoms with van der Waals surface area (Å²) in [7, 11) is 0. The van der Waals surface area contributed by atoms with Gasteiger partial charge in [-0.1, -0.05) is 23.8 Å². The lowest BCUT2D eigenvalue weighted by Gasteiger charge is -2.21. The van der Waals surface area contributed by atoms with E-state index in [1.54, 1.807) is 0 Å². The molecule has 1 heterocycles. The van der Waals surface area contributed by atoms with Crippen LogP contribution in [0.3, 0.4) is 0 Å². The van der Waals surface area contributed by atoms with Crippen molar-refractivity contribution in [3.05, 3.63) is 34.9 Å². The van der Waals surface area contributed by atoms with Gasteiger partial charge in [-0.2, -0.15) is 0 Å². The van der Waals surface area contributed by atoms with Crippen molar-refractivity contribution >= 4 is 5.91 Å². The summed E-state index contributed by atoms with van der Waals surface area (Å²) in [5.41, 5.74) is 3.74. The fourth-order valence-electron chi connectivity index (χ4n) is 3.00. The van der Waals surface area contributed by atoms with Crippen molar-refractivity contribution in [2.45, 2.75) is 31.6 Å². The SMILES string of the molecule is Cc1ccc2c(c1)C1(CCNC1=O)CC2. The number of carbonyl (C=O) groups is 1. The van der Waals surface area contributed by atoms with Crippen molar-refractivity contribution in [1.29, 1.82) is 0 Å². The molecule has 1 aliphatic carbocycles. The van der Waals surface area contributed by atoms with Crippen molar-refractivity contribution in [2.75, 3.05) is 6.54 Å². The van der Waals surface area contributed by atoms with Crippen LogP contribution in [0.4, 0.5) is 0 Å². The van der Waals surface area contributed by atoms with Crippen molar-refractivity contribution in [2.24, 2.45) is 0 Å². The summed E-state index contributed by atoms with van der Waals surface area (Å²) in [6, 6.07) is 6.53. The van der Waals surface area contributed by atoms with Gasteiger partial charge in [0, 0.05) is 6.54 Å². The van der Waals surface area contributed by atoms with Crippen LogP contribution >= 0.6 is 0 Å². The van der Waals surface area contributed by atoms with Gasteiger partial charge < -0.3 is 5.32 Å². The van der Waals surface area contributed by atoms with Crippen LogP contribution < -0.4 is 5.32 Å². The average Bonchev–Trinajstić information content (AvgIpc) is 2.75. The second kappa shape index (κ2) is 2.84. The maximum absolute atomic E-state index is 12.0. The van der Waals surface area contributed by atoms with Crippen LogP contribution in [0, 0.1) is 6.92 Å². The Hall–Kier alpha value is -1.31. The predicted molar refractivity (Wildman–Crippen MR) is 58.8 cm³/mol. The molecular formula is C13H15NO. The van der Waals surface area contributed by atoms with Gasteiger partial charge in [-0.15, -0.1) is 0 Å². The first-order chi connectivity index (χ1) is 7.22. The maximum Gasteiger partial charge on any atom is 0.230 e. The molecule has 1 unspecified atom stereocenters. The summed E-state index contributed by atoms with van der Waals surface area (Å²) < 4.78 is 0. The molecule has 1 fully saturated rings. The normalized spacial score (nSPS) is 28.2. The number of hydrogen-bond acceptors (Lipinski definition) is 1. The summed E-state index contributed by atoms with van der Waals surface area (Å²) in [4.78, 5) is 12.0. The van der Waals surface area contributed by atoms with Gasteiger partial charge in [-0.3, -0.25) is 4.79 Å². The number of rotatable bonds is 0. The Morgan fingerprint density at radius 2 is 2.20 bits per heavy atom. The largest absolute Gasteiger partial charge is 0.355 e. The van der Waals surface area contributed by atoms with E-state index in [1.807, 2.05) is 0 Å². The highest BCUT2D eigenvalue weighted by Gasteiger charge is 2.47. The molecule has 1 aliphatic heterocycles. The smallest absolute Gasteiger partial charge is 0.230 e. The predicted octanol–water partition coefficient (Wildman–Crippen LogP) is 1.70. The monoisotopic (exact) mass is 201 g/mol. The van der Waals surface area contributed by atoms with Gasteiger partial charge in [0.2, 0.25) is 5.91 Å². The number of fused-ring (bicyclic) bond motifs is 2. The van der Waals surface area contributed by atoms with Gasteiger partial charge in [0.25, 0.3) is 0 Å². The first-order valence-electron chi connectivity index (χ1n) is 5.61. The molecule has 1 aromatic rings. The topological polar surface area (TPSA) is 29.1 Å². The fraction of sp³-hybridized carbons (Fsp3) is 0.462. The van der Waals surface area contributed by atoms with Crippen LogP contribution in [0.2, 0.25) is 0 Å². The number of carbonyl (C=O) groups excluding carboxylic acids is 1. The Labute approximate surface area is 89.7 Å². The van der Waals surface area contributed by atoms with E-state index in [0.29, 0.717) is 0 Å². The maximum atomic E-state index is 12.0. The molecule has 0 bridgehead atoms. The molecule has 2 heteroatoms. The average molecular weight is 201 g/mol. The number of amides is 1. The van der Waals surface area contributed by atoms with E-state index in [2.05, 4.69) is 30.4 Å². The zero-order valence-corrected chi connectivity index (χ0v) is 8.97. The highest BCUT2D eigenvalue weighted by molar-refractivity contribution is 5.91. The van der Waals surface area contributed by atoms with Crippen molar-refractivity contribution < 1.29 is 4.79 Å². The second-order valence-electron chi connectivity index (χ2n) is 4.75. The minimum absolute atomic E-state index is 0.179. The molecule has 1 amide bonds. The summed E-state index contributed by atoms with van der Waals surface area (Å²) in [6.45, 7) is 2.94. The standard InChI is InChI=1S/C13H15NO/c1-9-2-3-10-4-5-13(11(10)8-9)6-7-14-12(13)15/h2-3,8H,4-7H2,1H3,(H,14,15). The molecule has 78 valence electrons. The minimum Gasteiger partial charge on any atom is -0.355 e. The molecule has 3 rings (SSSR count). The van der Waals surface area contributed by atoms with Crippen LogP contribution in [-0.2, 0) is 16.6 Å². The molecule has 1 saturated heterocycles. The fourth-order valence-corrected chi connectivity index (χ4v) is 3.00. The van der Waals surface area contributed by atoms with Crippen molar-refractivity contribution in [3.8, 4) is 0 Å². The van der Waals surface area contributed by atoms with E-state index in [0.717, 1.165) is 25.8 Å². The summed E-state index contributed by atoms with van der Waals surface area (Å²) >= 11 is 0. The highest BCUT2D eigenvalue weighted by Crippen LogP contribution is 2.44. The number of aryl methyl sites for hydroxylation is 2. The number of benzene rings is 1. The number of nitrogens with one attached hydrogen (secondary N) is 1. The molecule has 15 heavy (non-hydrogen) atoms. The molecule has 1 aromatic carbocycles. The molecular weight excluding hydrogens is 186 g/mol. The molecule has 0 saturated carbocycles. The summed E-state index contributed by atoms with van der Waals surface area (Å²) in [5.74, 6) is 0.242.